The van der Waals surface area contributed by atoms with E-state index in [-0.39, 0.29) is 18.4 Å². The lowest BCUT2D eigenvalue weighted by molar-refractivity contribution is -0.137. The Hall–Kier alpha value is -1.84. The van der Waals surface area contributed by atoms with E-state index >= 15 is 0 Å². The number of hydrogen-bond donors (Lipinski definition) is 2. The Labute approximate surface area is 125 Å². The number of carbonyl (C=O) groups excluding carboxylic acids is 1. The Morgan fingerprint density at radius 1 is 1.29 bits per heavy atom. The van der Waals surface area contributed by atoms with Gasteiger partial charge in [0.2, 0.25) is 5.91 Å². The van der Waals surface area contributed by atoms with Crippen molar-refractivity contribution in [3.8, 4) is 0 Å². The molecular formula is C17H23NO3. The smallest absolute Gasteiger partial charge is 0.303 e. The predicted octanol–water partition coefficient (Wildman–Crippen LogP) is 2.99. The van der Waals surface area contributed by atoms with Crippen molar-refractivity contribution in [3.63, 3.8) is 0 Å². The van der Waals surface area contributed by atoms with Crippen LogP contribution in [-0.4, -0.2) is 17.0 Å². The van der Waals surface area contributed by atoms with E-state index in [1.807, 2.05) is 0 Å². The molecule has 114 valence electrons. The van der Waals surface area contributed by atoms with Gasteiger partial charge in [-0.05, 0) is 43.2 Å². The first kappa shape index (κ1) is 15.5. The zero-order valence-electron chi connectivity index (χ0n) is 12.7. The Morgan fingerprint density at radius 2 is 2.00 bits per heavy atom. The van der Waals surface area contributed by atoms with Gasteiger partial charge in [0.05, 0.1) is 6.04 Å². The van der Waals surface area contributed by atoms with Crippen molar-refractivity contribution < 1.29 is 14.7 Å². The van der Waals surface area contributed by atoms with Gasteiger partial charge in [0.1, 0.15) is 0 Å². The third kappa shape index (κ3) is 4.06. The van der Waals surface area contributed by atoms with Gasteiger partial charge in [-0.15, -0.1) is 0 Å². The third-order valence-corrected chi connectivity index (χ3v) is 4.11. The fourth-order valence-electron chi connectivity index (χ4n) is 2.99. The van der Waals surface area contributed by atoms with Crippen molar-refractivity contribution in [1.29, 1.82) is 0 Å². The molecule has 4 heteroatoms. The SMILES string of the molecule is Cc1ccc2c(c1)C(NC(=O)CCCCC(=O)O)C(C)C2. The van der Waals surface area contributed by atoms with Gasteiger partial charge in [-0.3, -0.25) is 9.59 Å². The Kier molecular flexibility index (Phi) is 4.99. The molecule has 1 aromatic rings. The molecule has 2 atom stereocenters. The number of fused-ring (bicyclic) bond motifs is 1. The van der Waals surface area contributed by atoms with Crippen molar-refractivity contribution in [3.05, 3.63) is 34.9 Å². The van der Waals surface area contributed by atoms with E-state index in [9.17, 15) is 9.59 Å². The normalized spacial score (nSPS) is 20.1. The van der Waals surface area contributed by atoms with Gasteiger partial charge in [0, 0.05) is 12.8 Å². The Balaban J connectivity index is 1.89. The van der Waals surface area contributed by atoms with Gasteiger partial charge in [0.15, 0.2) is 0 Å². The summed E-state index contributed by atoms with van der Waals surface area (Å²) in [4.78, 5) is 22.5. The summed E-state index contributed by atoms with van der Waals surface area (Å²) in [6.07, 6.45) is 2.71. The van der Waals surface area contributed by atoms with E-state index in [2.05, 4.69) is 37.4 Å². The van der Waals surface area contributed by atoms with Gasteiger partial charge >= 0.3 is 5.97 Å². The number of aliphatic carboxylic acids is 1. The second kappa shape index (κ2) is 6.74. The number of nitrogens with one attached hydrogen (secondary N) is 1. The van der Waals surface area contributed by atoms with E-state index in [1.165, 1.54) is 16.7 Å². The van der Waals surface area contributed by atoms with Crippen LogP contribution in [0.1, 0.15) is 55.3 Å². The summed E-state index contributed by atoms with van der Waals surface area (Å²) in [6.45, 7) is 4.22. The molecule has 0 heterocycles. The monoisotopic (exact) mass is 289 g/mol. The summed E-state index contributed by atoms with van der Waals surface area (Å²) in [5.74, 6) is -0.374. The van der Waals surface area contributed by atoms with Crippen LogP contribution in [0.3, 0.4) is 0 Å². The maximum Gasteiger partial charge on any atom is 0.303 e. The highest BCUT2D eigenvalue weighted by Gasteiger charge is 2.30. The highest BCUT2D eigenvalue weighted by atomic mass is 16.4. The van der Waals surface area contributed by atoms with Crippen molar-refractivity contribution in [2.75, 3.05) is 0 Å². The van der Waals surface area contributed by atoms with Gasteiger partial charge in [-0.25, -0.2) is 0 Å². The summed E-state index contributed by atoms with van der Waals surface area (Å²) in [5, 5.41) is 11.7. The summed E-state index contributed by atoms with van der Waals surface area (Å²) in [6, 6.07) is 6.52. The van der Waals surface area contributed by atoms with E-state index in [1.54, 1.807) is 0 Å². The Bertz CT molecular complexity index is 539. The third-order valence-electron chi connectivity index (χ3n) is 4.11. The lowest BCUT2D eigenvalue weighted by atomic mass is 10.0. The van der Waals surface area contributed by atoms with Crippen LogP contribution in [0, 0.1) is 12.8 Å². The second-order valence-electron chi connectivity index (χ2n) is 6.03. The quantitative estimate of drug-likeness (QED) is 0.791. The molecule has 0 saturated carbocycles. The summed E-state index contributed by atoms with van der Waals surface area (Å²) >= 11 is 0. The Morgan fingerprint density at radius 3 is 2.71 bits per heavy atom. The zero-order valence-corrected chi connectivity index (χ0v) is 12.7. The number of aryl methyl sites for hydroxylation is 1. The average Bonchev–Trinajstić information content (AvgIpc) is 2.71. The van der Waals surface area contributed by atoms with Crippen LogP contribution in [0.4, 0.5) is 0 Å². The van der Waals surface area contributed by atoms with Crippen molar-refractivity contribution in [1.82, 2.24) is 5.32 Å². The number of carbonyl (C=O) groups is 2. The van der Waals surface area contributed by atoms with Gasteiger partial charge in [0.25, 0.3) is 0 Å². The van der Waals surface area contributed by atoms with E-state index in [4.69, 9.17) is 5.11 Å². The average molecular weight is 289 g/mol. The molecule has 21 heavy (non-hydrogen) atoms. The standard InChI is InChI=1S/C17H23NO3/c1-11-7-8-13-10-12(2)17(14(13)9-11)18-15(19)5-3-4-6-16(20)21/h7-9,12,17H,3-6,10H2,1-2H3,(H,18,19)(H,20,21). The number of amides is 1. The van der Waals surface area contributed by atoms with E-state index in [0.29, 0.717) is 25.2 Å². The summed E-state index contributed by atoms with van der Waals surface area (Å²) in [5.41, 5.74) is 3.77. The highest BCUT2D eigenvalue weighted by molar-refractivity contribution is 5.76. The van der Waals surface area contributed by atoms with E-state index < -0.39 is 5.97 Å². The number of unbranched alkanes of at least 4 members (excludes halogenated alkanes) is 1. The molecule has 2 rings (SSSR count). The van der Waals surface area contributed by atoms with Gasteiger partial charge in [-0.2, -0.15) is 0 Å². The topological polar surface area (TPSA) is 66.4 Å². The number of carboxylic acids is 1. The molecule has 0 saturated heterocycles. The maximum absolute atomic E-state index is 12.0. The van der Waals surface area contributed by atoms with Gasteiger partial charge in [-0.1, -0.05) is 30.7 Å². The molecule has 1 amide bonds. The van der Waals surface area contributed by atoms with Crippen LogP contribution in [0.5, 0.6) is 0 Å². The molecule has 0 radical (unpaired) electrons. The van der Waals surface area contributed by atoms with Crippen LogP contribution < -0.4 is 5.32 Å². The predicted molar refractivity (Wildman–Crippen MR) is 81.0 cm³/mol. The summed E-state index contributed by atoms with van der Waals surface area (Å²) in [7, 11) is 0. The largest absolute Gasteiger partial charge is 0.481 e. The zero-order chi connectivity index (χ0) is 15.4. The fourth-order valence-corrected chi connectivity index (χ4v) is 2.99. The van der Waals surface area contributed by atoms with Gasteiger partial charge < -0.3 is 10.4 Å². The molecule has 1 aliphatic rings. The number of rotatable bonds is 6. The molecule has 1 aromatic carbocycles. The second-order valence-corrected chi connectivity index (χ2v) is 6.03. The molecule has 0 aliphatic heterocycles. The molecule has 4 nitrogen and oxygen atoms in total. The molecule has 0 bridgehead atoms. The van der Waals surface area contributed by atoms with Crippen molar-refractivity contribution in [2.24, 2.45) is 5.92 Å². The molecule has 0 aromatic heterocycles. The molecular weight excluding hydrogens is 266 g/mol. The van der Waals surface area contributed by atoms with Crippen molar-refractivity contribution in [2.45, 2.75) is 52.0 Å². The first-order chi connectivity index (χ1) is 9.97. The molecule has 0 spiro atoms. The van der Waals surface area contributed by atoms with Crippen LogP contribution in [0.25, 0.3) is 0 Å². The highest BCUT2D eigenvalue weighted by Crippen LogP contribution is 2.36. The number of hydrogen-bond acceptors (Lipinski definition) is 2. The van der Waals surface area contributed by atoms with E-state index in [0.717, 1.165) is 6.42 Å². The fraction of sp³-hybridized carbons (Fsp3) is 0.529. The maximum atomic E-state index is 12.0. The summed E-state index contributed by atoms with van der Waals surface area (Å²) < 4.78 is 0. The minimum Gasteiger partial charge on any atom is -0.481 e. The lowest BCUT2D eigenvalue weighted by Gasteiger charge is -2.19. The number of carboxylic acid groups (broad SMARTS) is 1. The van der Waals surface area contributed by atoms with Crippen molar-refractivity contribution >= 4 is 11.9 Å². The minimum atomic E-state index is -0.802. The minimum absolute atomic E-state index is 0.0200. The van der Waals surface area contributed by atoms with Crippen LogP contribution in [-0.2, 0) is 16.0 Å². The van der Waals surface area contributed by atoms with Crippen LogP contribution in [0.2, 0.25) is 0 Å². The first-order valence-corrected chi connectivity index (χ1v) is 7.58. The first-order valence-electron chi connectivity index (χ1n) is 7.58. The molecule has 0 fully saturated rings. The lowest BCUT2D eigenvalue weighted by Crippen LogP contribution is -2.30. The number of benzene rings is 1. The van der Waals surface area contributed by atoms with Crippen LogP contribution in [0.15, 0.2) is 18.2 Å². The molecule has 1 aliphatic carbocycles. The molecule has 2 N–H and O–H groups in total. The van der Waals surface area contributed by atoms with Crippen LogP contribution >= 0.6 is 0 Å². The molecule has 2 unspecified atom stereocenters.